The van der Waals surface area contributed by atoms with Crippen molar-refractivity contribution in [3.05, 3.63) is 84.3 Å². The Morgan fingerprint density at radius 1 is 1.00 bits per heavy atom. The molecule has 190 valence electrons. The van der Waals surface area contributed by atoms with Crippen molar-refractivity contribution in [1.82, 2.24) is 14.7 Å². The summed E-state index contributed by atoms with van der Waals surface area (Å²) in [5.74, 6) is 2.97. The van der Waals surface area contributed by atoms with Gasteiger partial charge in [-0.1, -0.05) is 50.1 Å². The first-order chi connectivity index (χ1) is 17.6. The van der Waals surface area contributed by atoms with Crippen LogP contribution in [0.15, 0.2) is 77.4 Å². The lowest BCUT2D eigenvalue weighted by atomic mass is 10.1. The van der Waals surface area contributed by atoms with Crippen LogP contribution in [-0.4, -0.2) is 39.5 Å². The van der Waals surface area contributed by atoms with Crippen LogP contribution in [0.3, 0.4) is 0 Å². The fourth-order valence-corrected chi connectivity index (χ4v) is 4.27. The van der Waals surface area contributed by atoms with Gasteiger partial charge in [-0.2, -0.15) is 5.10 Å². The molecule has 2 aromatic carbocycles. The van der Waals surface area contributed by atoms with Crippen LogP contribution >= 0.6 is 0 Å². The van der Waals surface area contributed by atoms with E-state index in [9.17, 15) is 5.11 Å². The molecule has 4 aromatic rings. The highest BCUT2D eigenvalue weighted by Gasteiger charge is 2.24. The van der Waals surface area contributed by atoms with Crippen LogP contribution in [0, 0.1) is 0 Å². The first-order valence-electron chi connectivity index (χ1n) is 12.4. The number of unbranched alkanes of at least 4 members (excludes halogenated alkanes) is 1. The van der Waals surface area contributed by atoms with Gasteiger partial charge >= 0.3 is 0 Å². The van der Waals surface area contributed by atoms with Gasteiger partial charge in [0.1, 0.15) is 23.0 Å². The van der Waals surface area contributed by atoms with Crippen molar-refractivity contribution in [2.24, 2.45) is 7.05 Å². The van der Waals surface area contributed by atoms with Crippen molar-refractivity contribution < 1.29 is 19.0 Å². The Balaban J connectivity index is 1.69. The Bertz CT molecular complexity index is 1190. The number of benzene rings is 2. The number of aliphatic hydroxyl groups excluding tert-OH is 1. The van der Waals surface area contributed by atoms with Crippen molar-refractivity contribution in [2.75, 3.05) is 13.7 Å². The molecule has 0 spiro atoms. The maximum atomic E-state index is 10.8. The first kappa shape index (κ1) is 25.5. The fourth-order valence-electron chi connectivity index (χ4n) is 4.27. The molecule has 1 N–H and O–H groups in total. The van der Waals surface area contributed by atoms with Crippen LogP contribution < -0.4 is 9.47 Å². The topological polar surface area (TPSA) is 72.9 Å². The summed E-state index contributed by atoms with van der Waals surface area (Å²) in [6.45, 7) is 3.76. The Morgan fingerprint density at radius 3 is 2.42 bits per heavy atom. The molecule has 7 heteroatoms. The molecule has 2 aromatic heterocycles. The van der Waals surface area contributed by atoms with E-state index in [1.54, 1.807) is 18.1 Å². The van der Waals surface area contributed by atoms with Crippen molar-refractivity contribution in [2.45, 2.75) is 45.4 Å². The van der Waals surface area contributed by atoms with Gasteiger partial charge in [-0.3, -0.25) is 4.90 Å². The molecule has 1 atom stereocenters. The lowest BCUT2D eigenvalue weighted by Crippen LogP contribution is -2.32. The first-order valence-corrected chi connectivity index (χ1v) is 12.4. The Labute approximate surface area is 212 Å². The van der Waals surface area contributed by atoms with E-state index in [4.69, 9.17) is 19.0 Å². The number of ether oxygens (including phenoxy) is 2. The molecular weight excluding hydrogens is 454 g/mol. The van der Waals surface area contributed by atoms with E-state index in [1.165, 1.54) is 0 Å². The molecule has 0 radical (unpaired) electrons. The lowest BCUT2D eigenvalue weighted by Gasteiger charge is -2.25. The molecule has 0 bridgehead atoms. The number of nitrogens with zero attached hydrogens (tertiary/aromatic N) is 3. The van der Waals surface area contributed by atoms with Crippen LogP contribution in [0.4, 0.5) is 0 Å². The van der Waals surface area contributed by atoms with Crippen molar-refractivity contribution >= 4 is 0 Å². The van der Waals surface area contributed by atoms with Crippen molar-refractivity contribution in [3.8, 4) is 28.6 Å². The molecule has 36 heavy (non-hydrogen) atoms. The fraction of sp³-hybridized carbons (Fsp3) is 0.345. The summed E-state index contributed by atoms with van der Waals surface area (Å²) in [4.78, 5) is 2.20. The SMILES string of the molecule is CCCC[C@@H](O)CN(Cc1ccco1)Cc1c(-c2ccccc2)nn(C)c1Oc1ccc(OC)cc1. The van der Waals surface area contributed by atoms with Crippen LogP contribution in [0.1, 0.15) is 37.5 Å². The van der Waals surface area contributed by atoms with Crippen LogP contribution in [0.2, 0.25) is 0 Å². The van der Waals surface area contributed by atoms with E-state index < -0.39 is 6.10 Å². The van der Waals surface area contributed by atoms with Gasteiger partial charge in [-0.05, 0) is 42.8 Å². The van der Waals surface area contributed by atoms with Crippen LogP contribution in [-0.2, 0) is 20.1 Å². The quantitative estimate of drug-likeness (QED) is 0.247. The summed E-state index contributed by atoms with van der Waals surface area (Å²) in [7, 11) is 3.53. The molecule has 2 heterocycles. The second-order valence-corrected chi connectivity index (χ2v) is 8.94. The van der Waals surface area contributed by atoms with Gasteiger partial charge < -0.3 is 19.0 Å². The zero-order chi connectivity index (χ0) is 25.3. The standard InChI is InChI=1S/C29H35N3O4/c1-4-5-12-23(33)19-32(20-26-13-9-18-35-26)21-27-28(22-10-7-6-8-11-22)30-31(2)29(27)36-25-16-14-24(34-3)15-17-25/h6-11,13-18,23,33H,4-5,12,19-21H2,1-3H3/t23-/m1/s1. The predicted octanol–water partition coefficient (Wildman–Crippen LogP) is 6.03. The third kappa shape index (κ3) is 6.56. The summed E-state index contributed by atoms with van der Waals surface area (Å²) in [5, 5.41) is 15.6. The number of aromatic nitrogens is 2. The molecule has 0 saturated carbocycles. The predicted molar refractivity (Wildman–Crippen MR) is 140 cm³/mol. The number of hydrogen-bond acceptors (Lipinski definition) is 6. The zero-order valence-corrected chi connectivity index (χ0v) is 21.3. The Hall–Kier alpha value is -3.55. The maximum absolute atomic E-state index is 10.8. The van der Waals surface area contributed by atoms with Crippen molar-refractivity contribution in [3.63, 3.8) is 0 Å². The molecular formula is C29H35N3O4. The second-order valence-electron chi connectivity index (χ2n) is 8.94. The maximum Gasteiger partial charge on any atom is 0.222 e. The average Bonchev–Trinajstić information content (AvgIpc) is 3.52. The number of methoxy groups -OCH3 is 1. The van der Waals surface area contributed by atoms with E-state index >= 15 is 0 Å². The lowest BCUT2D eigenvalue weighted by molar-refractivity contribution is 0.0917. The van der Waals surface area contributed by atoms with E-state index in [2.05, 4.69) is 24.0 Å². The number of aliphatic hydroxyl groups is 1. The monoisotopic (exact) mass is 489 g/mol. The number of hydrogen-bond donors (Lipinski definition) is 1. The average molecular weight is 490 g/mol. The van der Waals surface area contributed by atoms with Crippen molar-refractivity contribution in [1.29, 1.82) is 0 Å². The Kier molecular flexibility index (Phi) is 8.81. The number of aryl methyl sites for hydroxylation is 1. The Morgan fingerprint density at radius 2 is 1.75 bits per heavy atom. The normalized spacial score (nSPS) is 12.1. The molecule has 0 unspecified atom stereocenters. The molecule has 0 fully saturated rings. The molecule has 4 rings (SSSR count). The van der Waals surface area contributed by atoms with Gasteiger partial charge in [-0.15, -0.1) is 0 Å². The summed E-state index contributed by atoms with van der Waals surface area (Å²) < 4.78 is 19.1. The smallest absolute Gasteiger partial charge is 0.222 e. The summed E-state index contributed by atoms with van der Waals surface area (Å²) in [6, 6.07) is 21.5. The minimum Gasteiger partial charge on any atom is -0.497 e. The molecule has 7 nitrogen and oxygen atoms in total. The summed E-state index contributed by atoms with van der Waals surface area (Å²) in [6.07, 6.45) is 4.06. The summed E-state index contributed by atoms with van der Waals surface area (Å²) in [5.41, 5.74) is 2.82. The van der Waals surface area contributed by atoms with E-state index in [-0.39, 0.29) is 0 Å². The molecule has 0 amide bonds. The van der Waals surface area contributed by atoms with Crippen LogP contribution in [0.25, 0.3) is 11.3 Å². The van der Waals surface area contributed by atoms with E-state index in [1.807, 2.05) is 61.6 Å². The largest absolute Gasteiger partial charge is 0.497 e. The third-order valence-electron chi connectivity index (χ3n) is 6.11. The van der Waals surface area contributed by atoms with Gasteiger partial charge in [-0.25, -0.2) is 4.68 Å². The molecule has 0 aliphatic carbocycles. The second kappa shape index (κ2) is 12.4. The molecule has 0 aliphatic rings. The zero-order valence-electron chi connectivity index (χ0n) is 21.3. The number of rotatable bonds is 13. The highest BCUT2D eigenvalue weighted by Crippen LogP contribution is 2.35. The molecule has 0 saturated heterocycles. The van der Waals surface area contributed by atoms with Gasteiger partial charge in [0.25, 0.3) is 0 Å². The van der Waals surface area contributed by atoms with Gasteiger partial charge in [0.2, 0.25) is 5.88 Å². The highest BCUT2D eigenvalue weighted by molar-refractivity contribution is 5.65. The molecule has 0 aliphatic heterocycles. The minimum atomic E-state index is -0.428. The number of furan rings is 1. The van der Waals surface area contributed by atoms with Gasteiger partial charge in [0.05, 0.1) is 31.6 Å². The van der Waals surface area contributed by atoms with E-state index in [0.29, 0.717) is 31.3 Å². The summed E-state index contributed by atoms with van der Waals surface area (Å²) >= 11 is 0. The van der Waals surface area contributed by atoms with E-state index in [0.717, 1.165) is 47.6 Å². The van der Waals surface area contributed by atoms with Gasteiger partial charge in [0.15, 0.2) is 0 Å². The van der Waals surface area contributed by atoms with Crippen LogP contribution in [0.5, 0.6) is 17.4 Å². The highest BCUT2D eigenvalue weighted by atomic mass is 16.5. The van der Waals surface area contributed by atoms with Gasteiger partial charge in [0, 0.05) is 25.7 Å². The minimum absolute atomic E-state index is 0.428. The third-order valence-corrected chi connectivity index (χ3v) is 6.11.